The monoisotopic (exact) mass is 235 g/mol. The van der Waals surface area contributed by atoms with Crippen LogP contribution < -0.4 is 5.32 Å². The molecule has 0 aliphatic carbocycles. The first-order valence-corrected chi connectivity index (χ1v) is 7.24. The van der Waals surface area contributed by atoms with Crippen molar-refractivity contribution in [2.75, 3.05) is 32.3 Å². The van der Waals surface area contributed by atoms with Crippen LogP contribution in [0.15, 0.2) is 0 Å². The van der Waals surface area contributed by atoms with Crippen molar-refractivity contribution in [3.05, 3.63) is 0 Å². The standard InChI is InChI=1S/C11H25NO2S/c1-4-11(12-2)7-5-9-15(13)10-6-8-14-3/h11-12H,4-10H2,1-3H3. The molecule has 92 valence electrons. The third-order valence-corrected chi connectivity index (χ3v) is 4.03. The molecule has 1 N–H and O–H groups in total. The average molecular weight is 235 g/mol. The summed E-state index contributed by atoms with van der Waals surface area (Å²) in [6.45, 7) is 2.90. The second kappa shape index (κ2) is 10.6. The molecule has 0 saturated carbocycles. The Bertz CT molecular complexity index is 161. The first-order valence-electron chi connectivity index (χ1n) is 5.75. The van der Waals surface area contributed by atoms with Gasteiger partial charge in [0.2, 0.25) is 0 Å². The van der Waals surface area contributed by atoms with Gasteiger partial charge in [-0.25, -0.2) is 0 Å². The normalized spacial score (nSPS) is 15.1. The summed E-state index contributed by atoms with van der Waals surface area (Å²) < 4.78 is 16.4. The van der Waals surface area contributed by atoms with E-state index in [1.807, 2.05) is 7.05 Å². The third kappa shape index (κ3) is 9.03. The van der Waals surface area contributed by atoms with Crippen molar-refractivity contribution in [3.8, 4) is 0 Å². The van der Waals surface area contributed by atoms with Gasteiger partial charge in [0, 0.05) is 42.1 Å². The minimum Gasteiger partial charge on any atom is -0.385 e. The maximum Gasteiger partial charge on any atom is 0.0471 e. The highest BCUT2D eigenvalue weighted by Crippen LogP contribution is 2.02. The van der Waals surface area contributed by atoms with Gasteiger partial charge in [-0.1, -0.05) is 6.92 Å². The average Bonchev–Trinajstić information content (AvgIpc) is 2.25. The van der Waals surface area contributed by atoms with Crippen molar-refractivity contribution in [2.45, 2.75) is 38.6 Å². The Labute approximate surface area is 96.4 Å². The summed E-state index contributed by atoms with van der Waals surface area (Å²) in [5.41, 5.74) is 0. The van der Waals surface area contributed by atoms with E-state index in [0.717, 1.165) is 43.8 Å². The van der Waals surface area contributed by atoms with Gasteiger partial charge in [-0.15, -0.1) is 0 Å². The van der Waals surface area contributed by atoms with Crippen molar-refractivity contribution < 1.29 is 8.95 Å². The van der Waals surface area contributed by atoms with Crippen LogP contribution in [-0.2, 0) is 15.5 Å². The van der Waals surface area contributed by atoms with E-state index in [2.05, 4.69) is 12.2 Å². The minimum atomic E-state index is -0.650. The Morgan fingerprint density at radius 3 is 2.53 bits per heavy atom. The predicted octanol–water partition coefficient (Wildman–Crippen LogP) is 1.55. The Kier molecular flexibility index (Phi) is 10.6. The zero-order valence-corrected chi connectivity index (χ0v) is 11.1. The molecule has 0 aliphatic heterocycles. The van der Waals surface area contributed by atoms with Crippen molar-refractivity contribution >= 4 is 10.8 Å². The summed E-state index contributed by atoms with van der Waals surface area (Å²) in [5.74, 6) is 1.62. The lowest BCUT2D eigenvalue weighted by Crippen LogP contribution is -2.24. The fourth-order valence-electron chi connectivity index (χ4n) is 1.51. The molecule has 0 fully saturated rings. The molecule has 0 saturated heterocycles. The van der Waals surface area contributed by atoms with Gasteiger partial charge in [-0.3, -0.25) is 4.21 Å². The molecule has 0 aromatic rings. The van der Waals surface area contributed by atoms with Crippen LogP contribution in [0.2, 0.25) is 0 Å². The molecular formula is C11H25NO2S. The largest absolute Gasteiger partial charge is 0.385 e. The molecule has 3 nitrogen and oxygen atoms in total. The summed E-state index contributed by atoms with van der Waals surface area (Å²) >= 11 is 0. The van der Waals surface area contributed by atoms with E-state index in [0.29, 0.717) is 6.04 Å². The maximum atomic E-state index is 11.5. The SMILES string of the molecule is CCC(CCCS(=O)CCCOC)NC. The van der Waals surface area contributed by atoms with E-state index < -0.39 is 10.8 Å². The first kappa shape index (κ1) is 15.1. The Balaban J connectivity index is 3.37. The summed E-state index contributed by atoms with van der Waals surface area (Å²) in [5, 5.41) is 3.26. The van der Waals surface area contributed by atoms with Gasteiger partial charge >= 0.3 is 0 Å². The van der Waals surface area contributed by atoms with Gasteiger partial charge in [0.15, 0.2) is 0 Å². The van der Waals surface area contributed by atoms with Crippen molar-refractivity contribution in [1.82, 2.24) is 5.32 Å². The molecular weight excluding hydrogens is 210 g/mol. The van der Waals surface area contributed by atoms with E-state index in [9.17, 15) is 4.21 Å². The molecule has 0 aromatic carbocycles. The quantitative estimate of drug-likeness (QED) is 0.584. The molecule has 0 bridgehead atoms. The summed E-state index contributed by atoms with van der Waals surface area (Å²) in [4.78, 5) is 0. The number of hydrogen-bond acceptors (Lipinski definition) is 3. The molecule has 0 rings (SSSR count). The highest BCUT2D eigenvalue weighted by molar-refractivity contribution is 7.84. The van der Waals surface area contributed by atoms with Gasteiger partial charge in [-0.2, -0.15) is 0 Å². The lowest BCUT2D eigenvalue weighted by atomic mass is 10.1. The fourth-order valence-corrected chi connectivity index (χ4v) is 2.64. The van der Waals surface area contributed by atoms with Gasteiger partial charge in [0.1, 0.15) is 0 Å². The molecule has 0 amide bonds. The number of rotatable bonds is 10. The molecule has 4 heteroatoms. The maximum absolute atomic E-state index is 11.5. The predicted molar refractivity (Wildman–Crippen MR) is 66.7 cm³/mol. The lowest BCUT2D eigenvalue weighted by molar-refractivity contribution is 0.200. The van der Waals surface area contributed by atoms with Crippen LogP contribution in [0, 0.1) is 0 Å². The van der Waals surface area contributed by atoms with E-state index >= 15 is 0 Å². The zero-order valence-electron chi connectivity index (χ0n) is 10.3. The first-order chi connectivity index (χ1) is 7.24. The zero-order chi connectivity index (χ0) is 11.5. The Morgan fingerprint density at radius 2 is 2.00 bits per heavy atom. The number of ether oxygens (including phenoxy) is 1. The van der Waals surface area contributed by atoms with Gasteiger partial charge in [0.05, 0.1) is 0 Å². The van der Waals surface area contributed by atoms with E-state index in [1.54, 1.807) is 7.11 Å². The molecule has 2 unspecified atom stereocenters. The molecule has 0 radical (unpaired) electrons. The van der Waals surface area contributed by atoms with Crippen LogP contribution in [0.1, 0.15) is 32.6 Å². The molecule has 0 spiro atoms. The second-order valence-corrected chi connectivity index (χ2v) is 5.43. The summed E-state index contributed by atoms with van der Waals surface area (Å²) in [6, 6.07) is 0.584. The Morgan fingerprint density at radius 1 is 1.33 bits per heavy atom. The summed E-state index contributed by atoms with van der Waals surface area (Å²) in [6.07, 6.45) is 4.24. The minimum absolute atomic E-state index is 0.584. The molecule has 0 aromatic heterocycles. The third-order valence-electron chi connectivity index (χ3n) is 2.55. The van der Waals surface area contributed by atoms with Gasteiger partial charge in [0.25, 0.3) is 0 Å². The van der Waals surface area contributed by atoms with Crippen LogP contribution in [0.3, 0.4) is 0 Å². The van der Waals surface area contributed by atoms with Crippen LogP contribution >= 0.6 is 0 Å². The highest BCUT2D eigenvalue weighted by Gasteiger charge is 2.04. The van der Waals surface area contributed by atoms with Crippen LogP contribution in [-0.4, -0.2) is 42.5 Å². The van der Waals surface area contributed by atoms with Crippen molar-refractivity contribution in [3.63, 3.8) is 0 Å². The number of nitrogens with one attached hydrogen (secondary N) is 1. The Hall–Kier alpha value is 0.0700. The van der Waals surface area contributed by atoms with Crippen LogP contribution in [0.5, 0.6) is 0 Å². The van der Waals surface area contributed by atoms with Gasteiger partial charge in [-0.05, 0) is 32.7 Å². The van der Waals surface area contributed by atoms with Crippen molar-refractivity contribution in [2.24, 2.45) is 0 Å². The van der Waals surface area contributed by atoms with E-state index in [1.165, 1.54) is 0 Å². The van der Waals surface area contributed by atoms with Crippen LogP contribution in [0.25, 0.3) is 0 Å². The number of methoxy groups -OCH3 is 1. The molecule has 2 atom stereocenters. The summed E-state index contributed by atoms with van der Waals surface area (Å²) in [7, 11) is 3.02. The molecule has 0 aliphatic rings. The lowest BCUT2D eigenvalue weighted by Gasteiger charge is -2.12. The smallest absolute Gasteiger partial charge is 0.0471 e. The fraction of sp³-hybridized carbons (Fsp3) is 1.00. The topological polar surface area (TPSA) is 38.3 Å². The van der Waals surface area contributed by atoms with Gasteiger partial charge < -0.3 is 10.1 Å². The van der Waals surface area contributed by atoms with Crippen molar-refractivity contribution in [1.29, 1.82) is 0 Å². The highest BCUT2D eigenvalue weighted by atomic mass is 32.2. The number of hydrogen-bond donors (Lipinski definition) is 1. The van der Waals surface area contributed by atoms with E-state index in [4.69, 9.17) is 4.74 Å². The second-order valence-electron chi connectivity index (χ2n) is 3.73. The molecule has 15 heavy (non-hydrogen) atoms. The van der Waals surface area contributed by atoms with Crippen LogP contribution in [0.4, 0.5) is 0 Å². The molecule has 0 heterocycles. The van der Waals surface area contributed by atoms with E-state index in [-0.39, 0.29) is 0 Å².